The van der Waals surface area contributed by atoms with Gasteiger partial charge in [-0.1, -0.05) is 37.3 Å². The quantitative estimate of drug-likeness (QED) is 0.761. The van der Waals surface area contributed by atoms with E-state index in [1.54, 1.807) is 16.8 Å². The van der Waals surface area contributed by atoms with Crippen molar-refractivity contribution in [1.82, 2.24) is 20.4 Å². The highest BCUT2D eigenvalue weighted by molar-refractivity contribution is 5.97. The molecule has 2 N–H and O–H groups in total. The Morgan fingerprint density at radius 2 is 1.97 bits per heavy atom. The van der Waals surface area contributed by atoms with Crippen molar-refractivity contribution in [1.29, 1.82) is 5.26 Å². The van der Waals surface area contributed by atoms with Gasteiger partial charge in [-0.15, -0.1) is 0 Å². The number of nitrogens with one attached hydrogen (secondary N) is 2. The Balaban J connectivity index is 1.56. The lowest BCUT2D eigenvalue weighted by atomic mass is 9.69. The first-order valence-corrected chi connectivity index (χ1v) is 10.8. The van der Waals surface area contributed by atoms with Crippen molar-refractivity contribution in [3.63, 3.8) is 0 Å². The van der Waals surface area contributed by atoms with Crippen LogP contribution in [0.1, 0.15) is 38.2 Å². The van der Waals surface area contributed by atoms with Gasteiger partial charge in [-0.25, -0.2) is 4.79 Å². The lowest BCUT2D eigenvalue weighted by Crippen LogP contribution is -2.54. The highest BCUT2D eigenvalue weighted by atomic mass is 16.5. The van der Waals surface area contributed by atoms with Gasteiger partial charge in [0.2, 0.25) is 11.7 Å². The Labute approximate surface area is 183 Å². The Kier molecular flexibility index (Phi) is 5.63. The van der Waals surface area contributed by atoms with Crippen molar-refractivity contribution >= 4 is 11.9 Å². The normalized spacial score (nSPS) is 28.5. The number of amides is 2. The minimum Gasteiger partial charge on any atom is -0.480 e. The van der Waals surface area contributed by atoms with Crippen LogP contribution >= 0.6 is 0 Å². The standard InChI is InChI=1S/C23H30N6O2/c1-4-25-23(17-8-6-5-7-9-17)12-10-22(11-13-23)16-29(21(30)27-22)18-15-28(2)19(14-24)26-20(18)31-3/h5-9,25H,4,10-13,15-16H2,1-3H3,(H,27,30). The van der Waals surface area contributed by atoms with Crippen molar-refractivity contribution in [2.45, 2.75) is 43.7 Å². The van der Waals surface area contributed by atoms with Gasteiger partial charge in [-0.2, -0.15) is 10.3 Å². The molecule has 3 aliphatic rings. The maximum Gasteiger partial charge on any atom is 0.322 e. The van der Waals surface area contributed by atoms with Gasteiger partial charge in [0.1, 0.15) is 11.8 Å². The molecule has 2 aliphatic heterocycles. The van der Waals surface area contributed by atoms with E-state index in [4.69, 9.17) is 4.74 Å². The van der Waals surface area contributed by atoms with E-state index in [9.17, 15) is 10.1 Å². The maximum absolute atomic E-state index is 13.0. The monoisotopic (exact) mass is 422 g/mol. The van der Waals surface area contributed by atoms with Crippen LogP contribution in [0.5, 0.6) is 0 Å². The summed E-state index contributed by atoms with van der Waals surface area (Å²) in [5, 5.41) is 16.3. The van der Waals surface area contributed by atoms with Crippen LogP contribution in [0.15, 0.2) is 46.9 Å². The van der Waals surface area contributed by atoms with Gasteiger partial charge in [-0.05, 0) is 37.8 Å². The smallest absolute Gasteiger partial charge is 0.322 e. The minimum absolute atomic E-state index is 0.0621. The Morgan fingerprint density at radius 3 is 2.58 bits per heavy atom. The Bertz CT molecular complexity index is 941. The number of nitrogens with zero attached hydrogens (tertiary/aromatic N) is 4. The van der Waals surface area contributed by atoms with Crippen LogP contribution in [0, 0.1) is 11.3 Å². The summed E-state index contributed by atoms with van der Waals surface area (Å²) in [7, 11) is 3.32. The molecule has 8 heteroatoms. The summed E-state index contributed by atoms with van der Waals surface area (Å²) in [4.78, 5) is 20.8. The number of nitriles is 1. The van der Waals surface area contributed by atoms with Gasteiger partial charge in [0.05, 0.1) is 25.7 Å². The summed E-state index contributed by atoms with van der Waals surface area (Å²) in [6.45, 7) is 4.03. The SMILES string of the molecule is CCNC1(c2ccccc2)CCC2(CC1)CN(C1=C(OC)N=C(C#N)N(C)C1)C(=O)N2. The summed E-state index contributed by atoms with van der Waals surface area (Å²) >= 11 is 0. The molecule has 0 bridgehead atoms. The summed E-state index contributed by atoms with van der Waals surface area (Å²) in [6, 6.07) is 12.6. The first-order valence-electron chi connectivity index (χ1n) is 10.8. The number of methoxy groups -OCH3 is 1. The first-order chi connectivity index (χ1) is 15.0. The third-order valence-corrected chi connectivity index (χ3v) is 6.80. The van der Waals surface area contributed by atoms with E-state index in [2.05, 4.69) is 52.9 Å². The number of carbonyl (C=O) groups excluding carboxylic acids is 1. The molecule has 164 valence electrons. The summed E-state index contributed by atoms with van der Waals surface area (Å²) in [6.07, 6.45) is 3.67. The molecule has 1 aliphatic carbocycles. The molecular formula is C23H30N6O2. The van der Waals surface area contributed by atoms with Gasteiger partial charge in [-0.3, -0.25) is 4.90 Å². The lowest BCUT2D eigenvalue weighted by molar-refractivity contribution is 0.153. The Hall–Kier alpha value is -3.05. The second-order valence-corrected chi connectivity index (χ2v) is 8.63. The van der Waals surface area contributed by atoms with E-state index < -0.39 is 0 Å². The average Bonchev–Trinajstić information content (AvgIpc) is 3.12. The van der Waals surface area contributed by atoms with Crippen LogP contribution in [0.2, 0.25) is 0 Å². The molecule has 0 radical (unpaired) electrons. The van der Waals surface area contributed by atoms with Crippen molar-refractivity contribution < 1.29 is 9.53 Å². The Morgan fingerprint density at radius 1 is 1.26 bits per heavy atom. The van der Waals surface area contributed by atoms with Crippen LogP contribution in [-0.2, 0) is 10.3 Å². The summed E-state index contributed by atoms with van der Waals surface area (Å²) in [5.74, 6) is 0.620. The number of likely N-dealkylation sites (N-methyl/N-ethyl adjacent to an activating group) is 1. The van der Waals surface area contributed by atoms with Crippen LogP contribution in [0.3, 0.4) is 0 Å². The number of rotatable bonds is 5. The van der Waals surface area contributed by atoms with Crippen molar-refractivity contribution in [2.24, 2.45) is 4.99 Å². The second-order valence-electron chi connectivity index (χ2n) is 8.63. The van der Waals surface area contributed by atoms with E-state index in [0.717, 1.165) is 32.2 Å². The molecule has 2 amide bonds. The predicted molar refractivity (Wildman–Crippen MR) is 118 cm³/mol. The molecule has 2 heterocycles. The van der Waals surface area contributed by atoms with Crippen molar-refractivity contribution in [3.05, 3.63) is 47.5 Å². The zero-order valence-electron chi connectivity index (χ0n) is 18.4. The zero-order valence-corrected chi connectivity index (χ0v) is 18.4. The molecule has 1 saturated carbocycles. The number of hydrogen-bond acceptors (Lipinski definition) is 6. The minimum atomic E-state index is -0.269. The third-order valence-electron chi connectivity index (χ3n) is 6.80. The van der Waals surface area contributed by atoms with Crippen LogP contribution in [0.25, 0.3) is 0 Å². The van der Waals surface area contributed by atoms with Gasteiger partial charge in [0, 0.05) is 12.6 Å². The van der Waals surface area contributed by atoms with Crippen LogP contribution in [-0.4, -0.2) is 61.0 Å². The number of carbonyl (C=O) groups is 1. The fourth-order valence-corrected chi connectivity index (χ4v) is 5.12. The molecule has 2 fully saturated rings. The van der Waals surface area contributed by atoms with E-state index in [1.807, 2.05) is 6.07 Å². The van der Waals surface area contributed by atoms with Crippen molar-refractivity contribution in [3.8, 4) is 6.07 Å². The number of hydrogen-bond donors (Lipinski definition) is 2. The second kappa shape index (κ2) is 8.23. The highest BCUT2D eigenvalue weighted by Crippen LogP contribution is 2.44. The molecule has 1 spiro atoms. The zero-order chi connectivity index (χ0) is 22.1. The molecule has 0 atom stereocenters. The maximum atomic E-state index is 13.0. The molecule has 4 rings (SSSR count). The number of aliphatic imine (C=N–C) groups is 1. The average molecular weight is 423 g/mol. The molecule has 8 nitrogen and oxygen atoms in total. The molecule has 0 unspecified atom stereocenters. The van der Waals surface area contributed by atoms with E-state index >= 15 is 0 Å². The molecule has 1 saturated heterocycles. The number of ether oxygens (including phenoxy) is 1. The topological polar surface area (TPSA) is 93.0 Å². The summed E-state index contributed by atoms with van der Waals surface area (Å²) in [5.41, 5.74) is 1.68. The molecule has 1 aromatic carbocycles. The van der Waals surface area contributed by atoms with Crippen LogP contribution in [0.4, 0.5) is 4.79 Å². The number of benzene rings is 1. The van der Waals surface area contributed by atoms with Gasteiger partial charge >= 0.3 is 6.03 Å². The van der Waals surface area contributed by atoms with Gasteiger partial charge in [0.15, 0.2) is 0 Å². The lowest BCUT2D eigenvalue weighted by Gasteiger charge is -2.45. The molecule has 1 aromatic rings. The van der Waals surface area contributed by atoms with Crippen molar-refractivity contribution in [2.75, 3.05) is 33.8 Å². The van der Waals surface area contributed by atoms with Crippen LogP contribution < -0.4 is 10.6 Å². The largest absolute Gasteiger partial charge is 0.480 e. The molecule has 31 heavy (non-hydrogen) atoms. The van der Waals surface area contributed by atoms with Gasteiger partial charge < -0.3 is 20.3 Å². The fourth-order valence-electron chi connectivity index (χ4n) is 5.12. The third kappa shape index (κ3) is 3.74. The number of amidine groups is 1. The molecular weight excluding hydrogens is 392 g/mol. The van der Waals surface area contributed by atoms with Gasteiger partial charge in [0.25, 0.3) is 0 Å². The van der Waals surface area contributed by atoms with E-state index in [0.29, 0.717) is 24.7 Å². The fraction of sp³-hybridized carbons (Fsp3) is 0.522. The highest BCUT2D eigenvalue weighted by Gasteiger charge is 2.50. The molecule has 0 aromatic heterocycles. The van der Waals surface area contributed by atoms with E-state index in [1.165, 1.54) is 12.7 Å². The first kappa shape index (κ1) is 21.2. The predicted octanol–water partition coefficient (Wildman–Crippen LogP) is 2.51. The van der Waals surface area contributed by atoms with E-state index in [-0.39, 0.29) is 22.9 Å². The number of urea groups is 1. The summed E-state index contributed by atoms with van der Waals surface area (Å²) < 4.78 is 5.43.